The molecule has 1 rings (SSSR count). The van der Waals surface area contributed by atoms with Crippen LogP contribution < -0.4 is 11.1 Å². The van der Waals surface area contributed by atoms with Gasteiger partial charge in [0.1, 0.15) is 0 Å². The van der Waals surface area contributed by atoms with Crippen molar-refractivity contribution >= 4 is 5.91 Å². The maximum atomic E-state index is 11.7. The molecule has 1 heterocycles. The summed E-state index contributed by atoms with van der Waals surface area (Å²) in [6, 6.07) is 0.398. The second kappa shape index (κ2) is 8.51. The minimum absolute atomic E-state index is 0.0227. The van der Waals surface area contributed by atoms with Gasteiger partial charge in [-0.3, -0.25) is 9.69 Å². The van der Waals surface area contributed by atoms with Crippen molar-refractivity contribution in [2.75, 3.05) is 33.3 Å². The maximum Gasteiger partial charge on any atom is 0.222 e. The first-order chi connectivity index (χ1) is 9.06. The lowest BCUT2D eigenvalue weighted by molar-refractivity contribution is -0.123. The second-order valence-corrected chi connectivity index (χ2v) is 5.67. The molecule has 0 bridgehead atoms. The van der Waals surface area contributed by atoms with Crippen LogP contribution in [-0.2, 0) is 9.53 Å². The molecular formula is C14H29N3O2. The number of likely N-dealkylation sites (tertiary alicyclic amines) is 1. The zero-order valence-electron chi connectivity index (χ0n) is 12.5. The van der Waals surface area contributed by atoms with Crippen molar-refractivity contribution in [3.05, 3.63) is 0 Å². The number of nitrogens with two attached hydrogens (primary N) is 1. The summed E-state index contributed by atoms with van der Waals surface area (Å²) in [5.41, 5.74) is 5.50. The molecule has 3 N–H and O–H groups in total. The van der Waals surface area contributed by atoms with Gasteiger partial charge in [0.15, 0.2) is 0 Å². The molecule has 0 aromatic heterocycles. The average Bonchev–Trinajstić information content (AvgIpc) is 2.43. The largest absolute Gasteiger partial charge is 0.380 e. The van der Waals surface area contributed by atoms with Crippen LogP contribution in [0, 0.1) is 5.92 Å². The summed E-state index contributed by atoms with van der Waals surface area (Å²) in [5.74, 6) is 0.861. The summed E-state index contributed by atoms with van der Waals surface area (Å²) in [6.45, 7) is 7.84. The third-order valence-electron chi connectivity index (χ3n) is 4.05. The number of hydrogen-bond acceptors (Lipinski definition) is 4. The number of hydrogen-bond donors (Lipinski definition) is 2. The van der Waals surface area contributed by atoms with Gasteiger partial charge in [-0.05, 0) is 38.8 Å². The van der Waals surface area contributed by atoms with Gasteiger partial charge < -0.3 is 15.8 Å². The van der Waals surface area contributed by atoms with E-state index in [4.69, 9.17) is 10.5 Å². The van der Waals surface area contributed by atoms with Crippen LogP contribution in [-0.4, -0.2) is 56.2 Å². The number of rotatable bonds is 7. The third-order valence-corrected chi connectivity index (χ3v) is 4.05. The van der Waals surface area contributed by atoms with Crippen LogP contribution in [0.1, 0.15) is 33.1 Å². The van der Waals surface area contributed by atoms with Crippen LogP contribution in [0.2, 0.25) is 0 Å². The molecule has 0 radical (unpaired) electrons. The van der Waals surface area contributed by atoms with E-state index in [9.17, 15) is 4.79 Å². The Balaban J connectivity index is 2.22. The molecule has 19 heavy (non-hydrogen) atoms. The van der Waals surface area contributed by atoms with Gasteiger partial charge in [0.25, 0.3) is 0 Å². The monoisotopic (exact) mass is 271 g/mol. The van der Waals surface area contributed by atoms with E-state index in [0.717, 1.165) is 19.0 Å². The van der Waals surface area contributed by atoms with Gasteiger partial charge in [-0.25, -0.2) is 0 Å². The number of carbonyl (C=O) groups is 1. The first kappa shape index (κ1) is 16.4. The predicted octanol–water partition coefficient (Wildman–Crippen LogP) is 0.587. The van der Waals surface area contributed by atoms with Gasteiger partial charge in [0.2, 0.25) is 5.91 Å². The van der Waals surface area contributed by atoms with Crippen molar-refractivity contribution in [3.63, 3.8) is 0 Å². The van der Waals surface area contributed by atoms with Crippen molar-refractivity contribution < 1.29 is 9.53 Å². The standard InChI is InChI=1S/C14H29N3O2/c1-11-4-6-17(7-5-11)12(2)10-16-14(18)8-13(9-15)19-3/h11-13H,4-10,15H2,1-3H3,(H,16,18). The van der Waals surface area contributed by atoms with E-state index in [1.807, 2.05) is 0 Å². The number of amides is 1. The van der Waals surface area contributed by atoms with E-state index < -0.39 is 0 Å². The molecule has 1 aliphatic heterocycles. The number of ether oxygens (including phenoxy) is 1. The van der Waals surface area contributed by atoms with Gasteiger partial charge in [0.05, 0.1) is 12.5 Å². The van der Waals surface area contributed by atoms with E-state index in [0.29, 0.717) is 25.6 Å². The predicted molar refractivity (Wildman–Crippen MR) is 76.9 cm³/mol. The fraction of sp³-hybridized carbons (Fsp3) is 0.929. The highest BCUT2D eigenvalue weighted by Crippen LogP contribution is 2.17. The number of methoxy groups -OCH3 is 1. The molecule has 5 heteroatoms. The Labute approximate surface area is 116 Å². The number of nitrogens with zero attached hydrogens (tertiary/aromatic N) is 1. The topological polar surface area (TPSA) is 67.6 Å². The molecule has 1 aliphatic rings. The SMILES string of the molecule is COC(CN)CC(=O)NCC(C)N1CCC(C)CC1. The molecule has 0 saturated carbocycles. The Morgan fingerprint density at radius 3 is 2.63 bits per heavy atom. The van der Waals surface area contributed by atoms with Crippen molar-refractivity contribution in [2.45, 2.75) is 45.3 Å². The van der Waals surface area contributed by atoms with Crippen LogP contribution in [0.25, 0.3) is 0 Å². The van der Waals surface area contributed by atoms with Crippen LogP contribution in [0.4, 0.5) is 0 Å². The lowest BCUT2D eigenvalue weighted by Gasteiger charge is -2.35. The quantitative estimate of drug-likeness (QED) is 0.711. The molecule has 0 aromatic rings. The van der Waals surface area contributed by atoms with E-state index in [1.165, 1.54) is 12.8 Å². The summed E-state index contributed by atoms with van der Waals surface area (Å²) in [5, 5.41) is 2.97. The van der Waals surface area contributed by atoms with E-state index >= 15 is 0 Å². The van der Waals surface area contributed by atoms with Gasteiger partial charge in [0, 0.05) is 26.2 Å². The van der Waals surface area contributed by atoms with E-state index in [1.54, 1.807) is 7.11 Å². The Bertz CT molecular complexity index is 261. The van der Waals surface area contributed by atoms with Crippen molar-refractivity contribution in [3.8, 4) is 0 Å². The van der Waals surface area contributed by atoms with E-state index in [2.05, 4.69) is 24.1 Å². The Hall–Kier alpha value is -0.650. The number of carbonyl (C=O) groups excluding carboxylic acids is 1. The Kier molecular flexibility index (Phi) is 7.34. The molecule has 0 aromatic carbocycles. The smallest absolute Gasteiger partial charge is 0.222 e. The minimum atomic E-state index is -0.175. The highest BCUT2D eigenvalue weighted by molar-refractivity contribution is 5.76. The van der Waals surface area contributed by atoms with Gasteiger partial charge >= 0.3 is 0 Å². The molecular weight excluding hydrogens is 242 g/mol. The summed E-state index contributed by atoms with van der Waals surface area (Å²) in [4.78, 5) is 14.2. The molecule has 5 nitrogen and oxygen atoms in total. The van der Waals surface area contributed by atoms with Crippen LogP contribution >= 0.6 is 0 Å². The molecule has 1 amide bonds. The molecule has 0 aliphatic carbocycles. The minimum Gasteiger partial charge on any atom is -0.380 e. The van der Waals surface area contributed by atoms with Crippen molar-refractivity contribution in [2.24, 2.45) is 11.7 Å². The first-order valence-electron chi connectivity index (χ1n) is 7.30. The molecule has 1 fully saturated rings. The fourth-order valence-corrected chi connectivity index (χ4v) is 2.40. The maximum absolute atomic E-state index is 11.7. The van der Waals surface area contributed by atoms with E-state index in [-0.39, 0.29) is 12.0 Å². The summed E-state index contributed by atoms with van der Waals surface area (Å²) < 4.78 is 5.11. The number of nitrogens with one attached hydrogen (secondary N) is 1. The third kappa shape index (κ3) is 5.89. The Morgan fingerprint density at radius 2 is 2.11 bits per heavy atom. The first-order valence-corrected chi connectivity index (χ1v) is 7.30. The fourth-order valence-electron chi connectivity index (χ4n) is 2.40. The molecule has 1 saturated heterocycles. The van der Waals surface area contributed by atoms with Gasteiger partial charge in [-0.1, -0.05) is 6.92 Å². The lowest BCUT2D eigenvalue weighted by Crippen LogP contribution is -2.46. The second-order valence-electron chi connectivity index (χ2n) is 5.67. The highest BCUT2D eigenvalue weighted by atomic mass is 16.5. The zero-order valence-corrected chi connectivity index (χ0v) is 12.5. The average molecular weight is 271 g/mol. The molecule has 2 unspecified atom stereocenters. The molecule has 0 spiro atoms. The highest BCUT2D eigenvalue weighted by Gasteiger charge is 2.20. The summed E-state index contributed by atoms with van der Waals surface area (Å²) >= 11 is 0. The van der Waals surface area contributed by atoms with Crippen LogP contribution in [0.15, 0.2) is 0 Å². The normalized spacial score (nSPS) is 21.1. The van der Waals surface area contributed by atoms with Crippen molar-refractivity contribution in [1.29, 1.82) is 0 Å². The molecule has 112 valence electrons. The lowest BCUT2D eigenvalue weighted by atomic mass is 9.98. The zero-order chi connectivity index (χ0) is 14.3. The Morgan fingerprint density at radius 1 is 1.47 bits per heavy atom. The van der Waals surface area contributed by atoms with Crippen molar-refractivity contribution in [1.82, 2.24) is 10.2 Å². The van der Waals surface area contributed by atoms with Gasteiger partial charge in [-0.15, -0.1) is 0 Å². The van der Waals surface area contributed by atoms with Crippen LogP contribution in [0.3, 0.4) is 0 Å². The van der Waals surface area contributed by atoms with Crippen LogP contribution in [0.5, 0.6) is 0 Å². The number of piperidine rings is 1. The summed E-state index contributed by atoms with van der Waals surface area (Å²) in [6.07, 6.45) is 2.69. The molecule has 2 atom stereocenters. The van der Waals surface area contributed by atoms with Gasteiger partial charge in [-0.2, -0.15) is 0 Å². The summed E-state index contributed by atoms with van der Waals surface area (Å²) in [7, 11) is 1.59.